The highest BCUT2D eigenvalue weighted by atomic mass is 32.2. The Morgan fingerprint density at radius 1 is 1.00 bits per heavy atom. The number of nitrogens with zero attached hydrogens (tertiary/aromatic N) is 2. The molecule has 5 nitrogen and oxygen atoms in total. The zero-order valence-electron chi connectivity index (χ0n) is 19.8. The number of carboxylic acid groups (broad SMARTS) is 1. The van der Waals surface area contributed by atoms with Gasteiger partial charge in [-0.3, -0.25) is 4.79 Å². The third kappa shape index (κ3) is 4.65. The van der Waals surface area contributed by atoms with Crippen LogP contribution in [0.5, 0.6) is 0 Å². The third-order valence-corrected chi connectivity index (χ3v) is 8.13. The van der Waals surface area contributed by atoms with Crippen LogP contribution in [0.15, 0.2) is 70.5 Å². The number of benzene rings is 3. The van der Waals surface area contributed by atoms with Crippen LogP contribution >= 0.6 is 11.8 Å². The van der Waals surface area contributed by atoms with Crippen LogP contribution in [0.2, 0.25) is 0 Å². The number of hydrogen-bond acceptors (Lipinski definition) is 5. The van der Waals surface area contributed by atoms with Gasteiger partial charge in [0.2, 0.25) is 0 Å². The number of likely N-dealkylation sites (N-methyl/N-ethyl adjacent to an activating group) is 1. The molecule has 2 aliphatic rings. The fraction of sp³-hybridized carbons (Fsp3) is 0.321. The molecule has 2 heterocycles. The summed E-state index contributed by atoms with van der Waals surface area (Å²) in [6.07, 6.45) is 0.625. The van der Waals surface area contributed by atoms with Gasteiger partial charge in [0.25, 0.3) is 0 Å². The first-order valence-electron chi connectivity index (χ1n) is 11.9. The van der Waals surface area contributed by atoms with Crippen LogP contribution in [0.25, 0.3) is 0 Å². The Hall–Kier alpha value is -2.96. The summed E-state index contributed by atoms with van der Waals surface area (Å²) >= 11 is 1.75. The van der Waals surface area contributed by atoms with Crippen molar-refractivity contribution < 1.29 is 9.90 Å². The smallest absolute Gasteiger partial charge is 0.303 e. The normalized spacial score (nSPS) is 16.4. The zero-order chi connectivity index (χ0) is 23.7. The van der Waals surface area contributed by atoms with Gasteiger partial charge in [-0.2, -0.15) is 0 Å². The SMILES string of the molecule is CC(c1ccc(N2CCN(C)CC2)cc1)c1ccc2c(c1CCC(=O)O)Nc1ccccc1S2. The molecular formula is C28H31N3O2S. The molecular weight excluding hydrogens is 442 g/mol. The van der Waals surface area contributed by atoms with E-state index in [0.717, 1.165) is 48.0 Å². The van der Waals surface area contributed by atoms with Crippen LogP contribution in [-0.2, 0) is 11.2 Å². The minimum Gasteiger partial charge on any atom is -0.481 e. The largest absolute Gasteiger partial charge is 0.481 e. The topological polar surface area (TPSA) is 55.8 Å². The molecule has 5 rings (SSSR count). The lowest BCUT2D eigenvalue weighted by Gasteiger charge is -2.34. The molecule has 0 spiro atoms. The van der Waals surface area contributed by atoms with Crippen molar-refractivity contribution in [2.45, 2.75) is 35.5 Å². The monoisotopic (exact) mass is 473 g/mol. The first-order chi connectivity index (χ1) is 16.5. The van der Waals surface area contributed by atoms with Gasteiger partial charge in [-0.25, -0.2) is 0 Å². The second-order valence-electron chi connectivity index (χ2n) is 9.23. The van der Waals surface area contributed by atoms with Gasteiger partial charge >= 0.3 is 5.97 Å². The summed E-state index contributed by atoms with van der Waals surface area (Å²) in [6.45, 7) is 6.52. The van der Waals surface area contributed by atoms with Crippen molar-refractivity contribution in [1.82, 2.24) is 4.90 Å². The molecule has 0 aromatic heterocycles. The van der Waals surface area contributed by atoms with Crippen molar-refractivity contribution in [3.8, 4) is 0 Å². The lowest BCUT2D eigenvalue weighted by molar-refractivity contribution is -0.136. The molecule has 0 amide bonds. The standard InChI is InChI=1S/C28H31N3O2S/c1-19(20-7-9-21(10-8-20)31-17-15-30(2)16-18-31)22-11-13-26-28(23(22)12-14-27(32)33)29-24-5-3-4-6-25(24)34-26/h3-11,13,19,29H,12,14-18H2,1-2H3,(H,32,33). The Bertz CT molecular complexity index is 1190. The molecule has 2 aliphatic heterocycles. The molecule has 1 unspecified atom stereocenters. The third-order valence-electron chi connectivity index (χ3n) is 6.99. The number of fused-ring (bicyclic) bond motifs is 2. The molecule has 0 saturated carbocycles. The van der Waals surface area contributed by atoms with E-state index in [4.69, 9.17) is 0 Å². The molecule has 3 aromatic carbocycles. The van der Waals surface area contributed by atoms with E-state index in [1.807, 2.05) is 12.1 Å². The van der Waals surface area contributed by atoms with Crippen LogP contribution in [-0.4, -0.2) is 49.2 Å². The summed E-state index contributed by atoms with van der Waals surface area (Å²) < 4.78 is 0. The number of anilines is 3. The van der Waals surface area contributed by atoms with Crippen molar-refractivity contribution in [2.24, 2.45) is 0 Å². The van der Waals surface area contributed by atoms with E-state index in [9.17, 15) is 9.90 Å². The van der Waals surface area contributed by atoms with Crippen molar-refractivity contribution in [3.05, 3.63) is 77.4 Å². The lowest BCUT2D eigenvalue weighted by Crippen LogP contribution is -2.44. The predicted molar refractivity (Wildman–Crippen MR) is 140 cm³/mol. The molecule has 0 radical (unpaired) electrons. The van der Waals surface area contributed by atoms with Gasteiger partial charge in [-0.15, -0.1) is 0 Å². The molecule has 0 bridgehead atoms. The Balaban J connectivity index is 1.45. The van der Waals surface area contributed by atoms with Crippen LogP contribution in [0.3, 0.4) is 0 Å². The van der Waals surface area contributed by atoms with Gasteiger partial charge in [0.05, 0.1) is 11.4 Å². The molecule has 3 aromatic rings. The van der Waals surface area contributed by atoms with Crippen LogP contribution in [0, 0.1) is 0 Å². The van der Waals surface area contributed by atoms with Gasteiger partial charge < -0.3 is 20.2 Å². The highest BCUT2D eigenvalue weighted by molar-refractivity contribution is 7.99. The maximum absolute atomic E-state index is 11.5. The van der Waals surface area contributed by atoms with Crippen molar-refractivity contribution in [1.29, 1.82) is 0 Å². The molecule has 6 heteroatoms. The van der Waals surface area contributed by atoms with E-state index in [0.29, 0.717) is 6.42 Å². The zero-order valence-corrected chi connectivity index (χ0v) is 20.6. The average Bonchev–Trinajstić information content (AvgIpc) is 2.86. The molecule has 1 atom stereocenters. The molecule has 0 aliphatic carbocycles. The van der Waals surface area contributed by atoms with E-state index in [1.54, 1.807) is 11.8 Å². The van der Waals surface area contributed by atoms with Crippen molar-refractivity contribution in [3.63, 3.8) is 0 Å². The van der Waals surface area contributed by atoms with E-state index < -0.39 is 5.97 Å². The molecule has 176 valence electrons. The van der Waals surface area contributed by atoms with E-state index in [-0.39, 0.29) is 12.3 Å². The minimum absolute atomic E-state index is 0.118. The van der Waals surface area contributed by atoms with Crippen molar-refractivity contribution >= 4 is 34.8 Å². The predicted octanol–water partition coefficient (Wildman–Crippen LogP) is 5.82. The lowest BCUT2D eigenvalue weighted by atomic mass is 9.87. The summed E-state index contributed by atoms with van der Waals surface area (Å²) in [7, 11) is 2.18. The number of para-hydroxylation sites is 1. The van der Waals surface area contributed by atoms with Crippen LogP contribution in [0.1, 0.15) is 36.0 Å². The Morgan fingerprint density at radius 3 is 2.47 bits per heavy atom. The number of piperazine rings is 1. The highest BCUT2D eigenvalue weighted by Gasteiger charge is 2.24. The molecule has 34 heavy (non-hydrogen) atoms. The summed E-state index contributed by atoms with van der Waals surface area (Å²) in [4.78, 5) is 18.6. The van der Waals surface area contributed by atoms with Gasteiger partial charge in [-0.1, -0.05) is 49.0 Å². The quantitative estimate of drug-likeness (QED) is 0.368. The second-order valence-corrected chi connectivity index (χ2v) is 10.3. The first-order valence-corrected chi connectivity index (χ1v) is 12.8. The summed E-state index contributed by atoms with van der Waals surface area (Å²) in [5.41, 5.74) is 6.96. The van der Waals surface area contributed by atoms with Gasteiger partial charge in [0, 0.05) is 54.0 Å². The Labute approximate surface area is 205 Å². The number of nitrogens with one attached hydrogen (secondary N) is 1. The van der Waals surface area contributed by atoms with E-state index >= 15 is 0 Å². The molecule has 2 N–H and O–H groups in total. The minimum atomic E-state index is -0.767. The number of aliphatic carboxylic acids is 1. The fourth-order valence-electron chi connectivity index (χ4n) is 4.90. The van der Waals surface area contributed by atoms with Crippen molar-refractivity contribution in [2.75, 3.05) is 43.4 Å². The number of carboxylic acids is 1. The summed E-state index contributed by atoms with van der Waals surface area (Å²) in [5.74, 6) is -0.601. The fourth-order valence-corrected chi connectivity index (χ4v) is 5.93. The first kappa shape index (κ1) is 22.8. The van der Waals surface area contributed by atoms with Gasteiger partial charge in [-0.05, 0) is 60.5 Å². The number of rotatable bonds is 6. The average molecular weight is 474 g/mol. The maximum Gasteiger partial charge on any atom is 0.303 e. The Kier molecular flexibility index (Phi) is 6.53. The second kappa shape index (κ2) is 9.72. The van der Waals surface area contributed by atoms with Gasteiger partial charge in [0.1, 0.15) is 0 Å². The number of carbonyl (C=O) groups is 1. The van der Waals surface area contributed by atoms with E-state index in [2.05, 4.69) is 77.6 Å². The van der Waals surface area contributed by atoms with Crippen LogP contribution < -0.4 is 10.2 Å². The number of hydrogen-bond donors (Lipinski definition) is 2. The van der Waals surface area contributed by atoms with Gasteiger partial charge in [0.15, 0.2) is 0 Å². The highest BCUT2D eigenvalue weighted by Crippen LogP contribution is 2.47. The van der Waals surface area contributed by atoms with E-state index in [1.165, 1.54) is 21.7 Å². The Morgan fingerprint density at radius 2 is 1.74 bits per heavy atom. The maximum atomic E-state index is 11.5. The van der Waals surface area contributed by atoms with Crippen LogP contribution in [0.4, 0.5) is 17.1 Å². The molecule has 1 fully saturated rings. The summed E-state index contributed by atoms with van der Waals surface area (Å²) in [6, 6.07) is 21.6. The summed E-state index contributed by atoms with van der Waals surface area (Å²) in [5, 5.41) is 13.0. The molecule has 1 saturated heterocycles.